The maximum absolute atomic E-state index is 13.8. The normalized spacial score (nSPS) is 18.9. The number of likely N-dealkylation sites (tertiary alicyclic amines) is 1. The van der Waals surface area contributed by atoms with Gasteiger partial charge in [-0.15, -0.1) is 0 Å². The minimum Gasteiger partial charge on any atom is -0.495 e. The highest BCUT2D eigenvalue weighted by Gasteiger charge is 2.34. The largest absolute Gasteiger partial charge is 0.495 e. The lowest BCUT2D eigenvalue weighted by molar-refractivity contribution is -0.147. The van der Waals surface area contributed by atoms with Gasteiger partial charge in [0.05, 0.1) is 25.9 Å². The summed E-state index contributed by atoms with van der Waals surface area (Å²) in [6.07, 6.45) is -0.359. The summed E-state index contributed by atoms with van der Waals surface area (Å²) in [4.78, 5) is 25.5. The molecule has 0 aromatic heterocycles. The number of nitrogens with one attached hydrogen (secondary N) is 1. The number of hydrogen-bond donors (Lipinski definition) is 1. The zero-order valence-corrected chi connectivity index (χ0v) is 14.2. The van der Waals surface area contributed by atoms with Crippen LogP contribution in [-0.2, 0) is 14.3 Å². The van der Waals surface area contributed by atoms with E-state index in [4.69, 9.17) is 4.74 Å². The Bertz CT molecular complexity index is 608. The Morgan fingerprint density at radius 2 is 2.17 bits per heavy atom. The lowest BCUT2D eigenvalue weighted by Gasteiger charge is -2.24. The third-order valence-electron chi connectivity index (χ3n) is 4.13. The smallest absolute Gasteiger partial charge is 0.341 e. The van der Waals surface area contributed by atoms with Crippen molar-refractivity contribution in [2.75, 3.05) is 32.6 Å². The summed E-state index contributed by atoms with van der Waals surface area (Å²) in [5.41, 5.74) is 1.57. The first-order chi connectivity index (χ1) is 11.5. The predicted molar refractivity (Wildman–Crippen MR) is 87.9 cm³/mol. The van der Waals surface area contributed by atoms with E-state index in [1.54, 1.807) is 11.0 Å². The van der Waals surface area contributed by atoms with Crippen LogP contribution in [0.4, 0.5) is 10.1 Å². The number of carbonyl (C=O) groups excluding carboxylic acids is 2. The fourth-order valence-electron chi connectivity index (χ4n) is 2.89. The van der Waals surface area contributed by atoms with E-state index in [1.165, 1.54) is 7.11 Å². The van der Waals surface area contributed by atoms with E-state index < -0.39 is 18.2 Å². The van der Waals surface area contributed by atoms with Gasteiger partial charge in [-0.3, -0.25) is 9.69 Å². The van der Waals surface area contributed by atoms with E-state index >= 15 is 0 Å². The van der Waals surface area contributed by atoms with Gasteiger partial charge in [0.1, 0.15) is 5.75 Å². The van der Waals surface area contributed by atoms with Crippen LogP contribution in [-0.4, -0.2) is 56.3 Å². The Kier molecular flexibility index (Phi) is 6.14. The molecule has 1 aromatic carbocycles. The number of aryl methyl sites for hydroxylation is 1. The molecule has 1 heterocycles. The fraction of sp³-hybridized carbons (Fsp3) is 0.529. The number of halogens is 1. The van der Waals surface area contributed by atoms with Gasteiger partial charge in [-0.1, -0.05) is 6.07 Å². The number of hydrogen-bond acceptors (Lipinski definition) is 5. The number of alkyl halides is 1. The van der Waals surface area contributed by atoms with E-state index in [0.717, 1.165) is 19.1 Å². The number of ether oxygens (including phenoxy) is 2. The highest BCUT2D eigenvalue weighted by atomic mass is 19.1. The molecule has 2 rings (SSSR count). The molecule has 1 aromatic rings. The highest BCUT2D eigenvalue weighted by Crippen LogP contribution is 2.27. The molecule has 1 amide bonds. The summed E-state index contributed by atoms with van der Waals surface area (Å²) in [5.74, 6) is -0.577. The molecule has 1 N–H and O–H groups in total. The van der Waals surface area contributed by atoms with E-state index in [0.29, 0.717) is 24.4 Å². The van der Waals surface area contributed by atoms with E-state index in [9.17, 15) is 14.0 Å². The van der Waals surface area contributed by atoms with Crippen LogP contribution >= 0.6 is 0 Å². The third-order valence-corrected chi connectivity index (χ3v) is 4.13. The van der Waals surface area contributed by atoms with Crippen molar-refractivity contribution in [3.8, 4) is 5.75 Å². The molecule has 7 heteroatoms. The molecule has 0 radical (unpaired) electrons. The molecule has 0 saturated carbocycles. The number of esters is 1. The number of anilines is 1. The standard InChI is InChI=1S/C17H23FN2O4/c1-11-6-7-15(23-2)13(9-11)19-16(21)14-5-4-8-20(14)10-12(18)17(22)24-3/h6-7,9,12,14H,4-5,8,10H2,1-3H3,(H,19,21). The molecule has 2 atom stereocenters. The monoisotopic (exact) mass is 338 g/mol. The van der Waals surface area contributed by atoms with Crippen LogP contribution in [0.2, 0.25) is 0 Å². The first-order valence-electron chi connectivity index (χ1n) is 7.87. The quantitative estimate of drug-likeness (QED) is 0.803. The second kappa shape index (κ2) is 8.10. The maximum atomic E-state index is 13.8. The summed E-state index contributed by atoms with van der Waals surface area (Å²) in [6.45, 7) is 2.34. The lowest BCUT2D eigenvalue weighted by Crippen LogP contribution is -2.44. The van der Waals surface area contributed by atoms with E-state index in [2.05, 4.69) is 10.1 Å². The molecule has 2 unspecified atom stereocenters. The number of methoxy groups -OCH3 is 2. The summed E-state index contributed by atoms with van der Waals surface area (Å²) in [7, 11) is 2.68. The summed E-state index contributed by atoms with van der Waals surface area (Å²) in [6, 6.07) is 5.02. The van der Waals surface area contributed by atoms with Gasteiger partial charge >= 0.3 is 5.97 Å². The Hall–Kier alpha value is -2.15. The minimum atomic E-state index is -1.75. The predicted octanol–water partition coefficient (Wildman–Crippen LogP) is 1.92. The van der Waals surface area contributed by atoms with Crippen LogP contribution in [0.25, 0.3) is 0 Å². The van der Waals surface area contributed by atoms with Crippen molar-refractivity contribution in [1.82, 2.24) is 4.90 Å². The zero-order chi connectivity index (χ0) is 17.7. The van der Waals surface area contributed by atoms with E-state index in [-0.39, 0.29) is 12.5 Å². The van der Waals surface area contributed by atoms with Crippen LogP contribution in [0.5, 0.6) is 5.75 Å². The number of benzene rings is 1. The summed E-state index contributed by atoms with van der Waals surface area (Å²) >= 11 is 0. The second-order valence-electron chi connectivity index (χ2n) is 5.84. The van der Waals surface area contributed by atoms with Crippen LogP contribution in [0.3, 0.4) is 0 Å². The van der Waals surface area contributed by atoms with Crippen LogP contribution in [0.15, 0.2) is 18.2 Å². The number of amides is 1. The Morgan fingerprint density at radius 1 is 1.42 bits per heavy atom. The molecular formula is C17H23FN2O4. The van der Waals surface area contributed by atoms with Crippen LogP contribution in [0, 0.1) is 6.92 Å². The Labute approximate surface area is 140 Å². The molecule has 1 aliphatic rings. The van der Waals surface area contributed by atoms with Crippen molar-refractivity contribution in [3.05, 3.63) is 23.8 Å². The minimum absolute atomic E-state index is 0.143. The molecule has 0 spiro atoms. The number of carbonyl (C=O) groups is 2. The van der Waals surface area contributed by atoms with Crippen molar-refractivity contribution in [1.29, 1.82) is 0 Å². The lowest BCUT2D eigenvalue weighted by atomic mass is 10.1. The zero-order valence-electron chi connectivity index (χ0n) is 14.2. The number of rotatable bonds is 6. The molecule has 0 aliphatic carbocycles. The van der Waals surface area contributed by atoms with Crippen molar-refractivity contribution in [2.24, 2.45) is 0 Å². The molecular weight excluding hydrogens is 315 g/mol. The van der Waals surface area contributed by atoms with E-state index in [1.807, 2.05) is 19.1 Å². The van der Waals surface area contributed by atoms with Crippen molar-refractivity contribution < 1.29 is 23.5 Å². The van der Waals surface area contributed by atoms with Gasteiger partial charge in [0.15, 0.2) is 0 Å². The van der Waals surface area contributed by atoms with Crippen molar-refractivity contribution in [3.63, 3.8) is 0 Å². The Balaban J connectivity index is 2.06. The van der Waals surface area contributed by atoms with Gasteiger partial charge in [0, 0.05) is 6.54 Å². The molecule has 24 heavy (non-hydrogen) atoms. The molecule has 1 saturated heterocycles. The SMILES string of the molecule is COC(=O)C(F)CN1CCCC1C(=O)Nc1cc(C)ccc1OC. The molecule has 6 nitrogen and oxygen atoms in total. The number of nitrogens with zero attached hydrogens (tertiary/aromatic N) is 1. The highest BCUT2D eigenvalue weighted by molar-refractivity contribution is 5.96. The topological polar surface area (TPSA) is 67.9 Å². The molecule has 0 bridgehead atoms. The third kappa shape index (κ3) is 4.23. The fourth-order valence-corrected chi connectivity index (χ4v) is 2.89. The summed E-state index contributed by atoms with van der Waals surface area (Å²) < 4.78 is 23.5. The van der Waals surface area contributed by atoms with Gasteiger partial charge in [0.25, 0.3) is 0 Å². The van der Waals surface area contributed by atoms with Crippen LogP contribution in [0.1, 0.15) is 18.4 Å². The van der Waals surface area contributed by atoms with Crippen LogP contribution < -0.4 is 10.1 Å². The first-order valence-corrected chi connectivity index (χ1v) is 7.87. The molecule has 1 aliphatic heterocycles. The van der Waals surface area contributed by atoms with Gasteiger partial charge in [-0.25, -0.2) is 9.18 Å². The van der Waals surface area contributed by atoms with Crippen molar-refractivity contribution >= 4 is 17.6 Å². The van der Waals surface area contributed by atoms with Gasteiger partial charge in [-0.2, -0.15) is 0 Å². The Morgan fingerprint density at radius 3 is 2.83 bits per heavy atom. The average molecular weight is 338 g/mol. The second-order valence-corrected chi connectivity index (χ2v) is 5.84. The summed E-state index contributed by atoms with van der Waals surface area (Å²) in [5, 5.41) is 2.85. The molecule has 132 valence electrons. The maximum Gasteiger partial charge on any atom is 0.341 e. The molecule has 1 fully saturated rings. The van der Waals surface area contributed by atoms with Gasteiger partial charge < -0.3 is 14.8 Å². The van der Waals surface area contributed by atoms with Gasteiger partial charge in [0.2, 0.25) is 12.1 Å². The van der Waals surface area contributed by atoms with Crippen molar-refractivity contribution in [2.45, 2.75) is 32.0 Å². The average Bonchev–Trinajstić information content (AvgIpc) is 3.02. The van der Waals surface area contributed by atoms with Gasteiger partial charge in [-0.05, 0) is 44.0 Å². The first kappa shape index (κ1) is 18.2.